The second-order valence-electron chi connectivity index (χ2n) is 5.64. The van der Waals surface area contributed by atoms with Crippen LogP contribution in [-0.2, 0) is 11.3 Å². The lowest BCUT2D eigenvalue weighted by molar-refractivity contribution is -0.125. The van der Waals surface area contributed by atoms with E-state index in [-0.39, 0.29) is 5.91 Å². The first-order valence-corrected chi connectivity index (χ1v) is 8.48. The third-order valence-corrected chi connectivity index (χ3v) is 4.98. The first-order chi connectivity index (χ1) is 10.0. The minimum Gasteiger partial charge on any atom is -0.348 e. The Bertz CT molecular complexity index is 488. The molecule has 0 saturated carbocycles. The molecule has 1 amide bonds. The van der Waals surface area contributed by atoms with Crippen LogP contribution in [0.4, 0.5) is 0 Å². The minimum atomic E-state index is 0.100. The number of thioether (sulfide) groups is 1. The number of carbonyl (C=O) groups excluding carboxylic acids is 1. The molecule has 1 aromatic rings. The average Bonchev–Trinajstić information content (AvgIpc) is 3.04. The van der Waals surface area contributed by atoms with Crippen LogP contribution >= 0.6 is 11.8 Å². The van der Waals surface area contributed by atoms with E-state index in [1.165, 1.54) is 31.1 Å². The van der Waals surface area contributed by atoms with Crippen molar-refractivity contribution in [2.75, 3.05) is 32.9 Å². The molecular weight excluding hydrogens is 286 g/mol. The number of hydrogen-bond acceptors (Lipinski definition) is 5. The fourth-order valence-corrected chi connectivity index (χ4v) is 3.63. The topological polar surface area (TPSA) is 54.3 Å². The van der Waals surface area contributed by atoms with E-state index in [1.807, 2.05) is 6.92 Å². The molecule has 2 heterocycles. The smallest absolute Gasteiger partial charge is 0.232 e. The molecule has 0 N–H and O–H groups in total. The lowest BCUT2D eigenvalue weighted by Gasteiger charge is -2.24. The van der Waals surface area contributed by atoms with Gasteiger partial charge >= 0.3 is 0 Å². The molecule has 2 rings (SSSR count). The molecule has 1 aromatic heterocycles. The van der Waals surface area contributed by atoms with Gasteiger partial charge in [-0.05, 0) is 32.9 Å². The van der Waals surface area contributed by atoms with Crippen molar-refractivity contribution in [1.29, 1.82) is 0 Å². The zero-order valence-electron chi connectivity index (χ0n) is 13.4. The van der Waals surface area contributed by atoms with E-state index >= 15 is 0 Å². The SMILES string of the molecule is CCN1CCC[C@H]1Cn1c(C)nnc1SCC(=O)N(C)C. The van der Waals surface area contributed by atoms with Gasteiger partial charge in [0.1, 0.15) is 5.82 Å². The van der Waals surface area contributed by atoms with Crippen LogP contribution in [0.1, 0.15) is 25.6 Å². The van der Waals surface area contributed by atoms with Crippen LogP contribution in [0.3, 0.4) is 0 Å². The fraction of sp³-hybridized carbons (Fsp3) is 0.786. The predicted molar refractivity (Wildman–Crippen MR) is 84.4 cm³/mol. The fourth-order valence-electron chi connectivity index (χ4n) is 2.66. The van der Waals surface area contributed by atoms with Crippen molar-refractivity contribution >= 4 is 17.7 Å². The predicted octanol–water partition coefficient (Wildman–Crippen LogP) is 1.25. The van der Waals surface area contributed by atoms with Crippen LogP contribution in [0.15, 0.2) is 5.16 Å². The summed E-state index contributed by atoms with van der Waals surface area (Å²) in [6.07, 6.45) is 2.49. The Hall–Kier alpha value is -1.08. The maximum absolute atomic E-state index is 11.7. The van der Waals surface area contributed by atoms with Crippen molar-refractivity contribution in [1.82, 2.24) is 24.6 Å². The molecule has 0 spiro atoms. The highest BCUT2D eigenvalue weighted by Gasteiger charge is 2.25. The standard InChI is InChI=1S/C14H25N5OS/c1-5-18-8-6-7-12(18)9-19-11(2)15-16-14(19)21-10-13(20)17(3)4/h12H,5-10H2,1-4H3/t12-/m0/s1. The third kappa shape index (κ3) is 3.97. The second-order valence-corrected chi connectivity index (χ2v) is 6.58. The number of likely N-dealkylation sites (N-methyl/N-ethyl adjacent to an activating group) is 1. The summed E-state index contributed by atoms with van der Waals surface area (Å²) in [6, 6.07) is 0.564. The van der Waals surface area contributed by atoms with Crippen molar-refractivity contribution in [3.05, 3.63) is 5.82 Å². The van der Waals surface area contributed by atoms with Gasteiger partial charge in [0, 0.05) is 26.7 Å². The number of aryl methyl sites for hydroxylation is 1. The number of aromatic nitrogens is 3. The molecule has 0 radical (unpaired) electrons. The van der Waals surface area contributed by atoms with Crippen LogP contribution < -0.4 is 0 Å². The van der Waals surface area contributed by atoms with Crippen LogP contribution in [-0.4, -0.2) is 69.5 Å². The number of nitrogens with zero attached hydrogens (tertiary/aromatic N) is 5. The van der Waals surface area contributed by atoms with Crippen molar-refractivity contribution < 1.29 is 4.79 Å². The third-order valence-electron chi connectivity index (χ3n) is 4.02. The monoisotopic (exact) mass is 311 g/mol. The van der Waals surface area contributed by atoms with Gasteiger partial charge in [0.15, 0.2) is 5.16 Å². The molecular formula is C14H25N5OS. The van der Waals surface area contributed by atoms with Crippen molar-refractivity contribution in [3.8, 4) is 0 Å². The van der Waals surface area contributed by atoms with Gasteiger partial charge in [-0.2, -0.15) is 0 Å². The largest absolute Gasteiger partial charge is 0.348 e. The van der Waals surface area contributed by atoms with Crippen LogP contribution in [0.25, 0.3) is 0 Å². The Morgan fingerprint density at radius 3 is 2.86 bits per heavy atom. The summed E-state index contributed by atoms with van der Waals surface area (Å²) in [4.78, 5) is 15.8. The maximum Gasteiger partial charge on any atom is 0.232 e. The van der Waals surface area contributed by atoms with E-state index in [0.717, 1.165) is 24.1 Å². The van der Waals surface area contributed by atoms with Gasteiger partial charge in [0.05, 0.1) is 5.75 Å². The molecule has 6 nitrogen and oxygen atoms in total. The van der Waals surface area contributed by atoms with Crippen LogP contribution in [0, 0.1) is 6.92 Å². The molecule has 0 aromatic carbocycles. The first-order valence-electron chi connectivity index (χ1n) is 7.49. The van der Waals surface area contributed by atoms with E-state index in [0.29, 0.717) is 11.8 Å². The van der Waals surface area contributed by atoms with Crippen molar-refractivity contribution in [2.24, 2.45) is 0 Å². The molecule has 1 aliphatic rings. The molecule has 0 aliphatic carbocycles. The van der Waals surface area contributed by atoms with Gasteiger partial charge in [-0.3, -0.25) is 9.69 Å². The van der Waals surface area contributed by atoms with Crippen LogP contribution in [0.2, 0.25) is 0 Å². The first kappa shape index (κ1) is 16.3. The second kappa shape index (κ2) is 7.26. The van der Waals surface area contributed by atoms with E-state index < -0.39 is 0 Å². The molecule has 118 valence electrons. The molecule has 1 fully saturated rings. The molecule has 0 unspecified atom stereocenters. The minimum absolute atomic E-state index is 0.100. The highest BCUT2D eigenvalue weighted by Crippen LogP contribution is 2.23. The number of amides is 1. The summed E-state index contributed by atoms with van der Waals surface area (Å²) in [5.74, 6) is 1.44. The molecule has 7 heteroatoms. The molecule has 21 heavy (non-hydrogen) atoms. The Morgan fingerprint density at radius 1 is 1.43 bits per heavy atom. The van der Waals surface area contributed by atoms with E-state index in [2.05, 4.69) is 26.6 Å². The van der Waals surface area contributed by atoms with Gasteiger partial charge < -0.3 is 9.47 Å². The maximum atomic E-state index is 11.7. The van der Waals surface area contributed by atoms with Gasteiger partial charge in [-0.15, -0.1) is 10.2 Å². The van der Waals surface area contributed by atoms with E-state index in [9.17, 15) is 4.79 Å². The summed E-state index contributed by atoms with van der Waals surface area (Å²) in [7, 11) is 3.55. The van der Waals surface area contributed by atoms with Crippen molar-refractivity contribution in [3.63, 3.8) is 0 Å². The lowest BCUT2D eigenvalue weighted by Crippen LogP contribution is -2.33. The number of rotatable bonds is 6. The Morgan fingerprint density at radius 2 is 2.19 bits per heavy atom. The molecule has 1 aliphatic heterocycles. The highest BCUT2D eigenvalue weighted by molar-refractivity contribution is 7.99. The average molecular weight is 311 g/mol. The van der Waals surface area contributed by atoms with Crippen molar-refractivity contribution in [2.45, 2.75) is 44.4 Å². The normalized spacial score (nSPS) is 19.1. The summed E-state index contributed by atoms with van der Waals surface area (Å²) < 4.78 is 2.16. The molecule has 1 atom stereocenters. The Labute approximate surface area is 130 Å². The molecule has 0 bridgehead atoms. The number of likely N-dealkylation sites (tertiary alicyclic amines) is 1. The van der Waals surface area contributed by atoms with Gasteiger partial charge in [0.2, 0.25) is 5.91 Å². The van der Waals surface area contributed by atoms with E-state index in [1.54, 1.807) is 19.0 Å². The summed E-state index contributed by atoms with van der Waals surface area (Å²) in [5, 5.41) is 9.26. The molecule has 1 saturated heterocycles. The Kier molecular flexibility index (Phi) is 5.64. The highest BCUT2D eigenvalue weighted by atomic mass is 32.2. The number of carbonyl (C=O) groups is 1. The Balaban J connectivity index is 2.02. The summed E-state index contributed by atoms with van der Waals surface area (Å²) >= 11 is 1.48. The van der Waals surface area contributed by atoms with Crippen LogP contribution in [0.5, 0.6) is 0 Å². The summed E-state index contributed by atoms with van der Waals surface area (Å²) in [5.41, 5.74) is 0. The van der Waals surface area contributed by atoms with Gasteiger partial charge in [-0.1, -0.05) is 18.7 Å². The zero-order valence-corrected chi connectivity index (χ0v) is 14.2. The van der Waals surface area contributed by atoms with E-state index in [4.69, 9.17) is 0 Å². The van der Waals surface area contributed by atoms with Gasteiger partial charge in [0.25, 0.3) is 0 Å². The zero-order chi connectivity index (χ0) is 15.4. The number of hydrogen-bond donors (Lipinski definition) is 0. The van der Waals surface area contributed by atoms with Gasteiger partial charge in [-0.25, -0.2) is 0 Å². The lowest BCUT2D eigenvalue weighted by atomic mass is 10.2. The summed E-state index contributed by atoms with van der Waals surface area (Å²) in [6.45, 7) is 7.39. The quantitative estimate of drug-likeness (QED) is 0.740.